The van der Waals surface area contributed by atoms with E-state index in [9.17, 15) is 9.18 Å². The molecule has 4 nitrogen and oxygen atoms in total. The molecule has 0 aliphatic carbocycles. The Hall–Kier alpha value is -1.62. The first kappa shape index (κ1) is 13.8. The smallest absolute Gasteiger partial charge is 0.338 e. The molecule has 0 radical (unpaired) electrons. The molecule has 0 amide bonds. The molecule has 1 aromatic carbocycles. The number of carbonyl (C=O) groups is 1. The van der Waals surface area contributed by atoms with E-state index in [4.69, 9.17) is 5.11 Å². The number of carboxylic acids is 1. The molecule has 2 rings (SSSR count). The number of benzene rings is 1. The Balaban J connectivity index is 1.92. The van der Waals surface area contributed by atoms with E-state index in [2.05, 4.69) is 17.1 Å². The minimum Gasteiger partial charge on any atom is -0.478 e. The number of hydrogen-bond donors (Lipinski definition) is 2. The van der Waals surface area contributed by atoms with Crippen LogP contribution in [0.2, 0.25) is 0 Å². The summed E-state index contributed by atoms with van der Waals surface area (Å²) in [4.78, 5) is 13.1. The van der Waals surface area contributed by atoms with E-state index in [0.29, 0.717) is 11.7 Å². The van der Waals surface area contributed by atoms with Gasteiger partial charge in [-0.05, 0) is 51.1 Å². The van der Waals surface area contributed by atoms with Gasteiger partial charge in [-0.15, -0.1) is 0 Å². The highest BCUT2D eigenvalue weighted by Crippen LogP contribution is 2.16. The van der Waals surface area contributed by atoms with Gasteiger partial charge in [0.15, 0.2) is 0 Å². The van der Waals surface area contributed by atoms with Crippen LogP contribution >= 0.6 is 0 Å². The molecule has 1 atom stereocenters. The van der Waals surface area contributed by atoms with Crippen LogP contribution in [0, 0.1) is 5.82 Å². The van der Waals surface area contributed by atoms with Gasteiger partial charge in [0.1, 0.15) is 5.82 Å². The van der Waals surface area contributed by atoms with Crippen LogP contribution in [-0.2, 0) is 0 Å². The minimum atomic E-state index is -1.24. The summed E-state index contributed by atoms with van der Waals surface area (Å²) >= 11 is 0. The van der Waals surface area contributed by atoms with Crippen molar-refractivity contribution in [1.82, 2.24) is 4.90 Å². The first-order valence-electron chi connectivity index (χ1n) is 6.58. The zero-order valence-corrected chi connectivity index (χ0v) is 11.0. The predicted octanol–water partition coefficient (Wildman–Crippen LogP) is 2.42. The normalized spacial score (nSPS) is 17.4. The third-order valence-electron chi connectivity index (χ3n) is 3.57. The topological polar surface area (TPSA) is 52.6 Å². The lowest BCUT2D eigenvalue weighted by Crippen LogP contribution is -2.35. The fourth-order valence-electron chi connectivity index (χ4n) is 2.38. The number of rotatable bonds is 5. The molecule has 1 aliphatic heterocycles. The van der Waals surface area contributed by atoms with Gasteiger partial charge in [0.2, 0.25) is 0 Å². The van der Waals surface area contributed by atoms with Gasteiger partial charge >= 0.3 is 5.97 Å². The summed E-state index contributed by atoms with van der Waals surface area (Å²) in [7, 11) is 0. The lowest BCUT2D eigenvalue weighted by molar-refractivity contribution is 0.0692. The highest BCUT2D eigenvalue weighted by molar-refractivity contribution is 5.88. The predicted molar refractivity (Wildman–Crippen MR) is 72.1 cm³/mol. The maximum absolute atomic E-state index is 13.5. The molecule has 2 N–H and O–H groups in total. The molecule has 0 aromatic heterocycles. The number of nitrogens with zero attached hydrogens (tertiary/aromatic N) is 1. The fourth-order valence-corrected chi connectivity index (χ4v) is 2.38. The van der Waals surface area contributed by atoms with Crippen LogP contribution in [0.25, 0.3) is 0 Å². The molecule has 19 heavy (non-hydrogen) atoms. The summed E-state index contributed by atoms with van der Waals surface area (Å²) < 4.78 is 13.5. The van der Waals surface area contributed by atoms with Crippen molar-refractivity contribution in [1.29, 1.82) is 0 Å². The van der Waals surface area contributed by atoms with E-state index < -0.39 is 11.8 Å². The van der Waals surface area contributed by atoms with Crippen molar-refractivity contribution in [3.8, 4) is 0 Å². The first-order valence-corrected chi connectivity index (χ1v) is 6.58. The van der Waals surface area contributed by atoms with Crippen LogP contribution < -0.4 is 5.32 Å². The molecule has 0 saturated carbocycles. The molecular formula is C14H19FN2O2. The van der Waals surface area contributed by atoms with Crippen molar-refractivity contribution >= 4 is 11.7 Å². The Morgan fingerprint density at radius 3 is 2.74 bits per heavy atom. The fraction of sp³-hybridized carbons (Fsp3) is 0.500. The molecular weight excluding hydrogens is 247 g/mol. The number of anilines is 1. The summed E-state index contributed by atoms with van der Waals surface area (Å²) in [5, 5.41) is 11.9. The maximum Gasteiger partial charge on any atom is 0.338 e. The monoisotopic (exact) mass is 266 g/mol. The Morgan fingerprint density at radius 2 is 2.16 bits per heavy atom. The molecule has 0 spiro atoms. The summed E-state index contributed by atoms with van der Waals surface area (Å²) in [6.07, 6.45) is 2.48. The van der Waals surface area contributed by atoms with Crippen LogP contribution in [0.3, 0.4) is 0 Å². The average molecular weight is 266 g/mol. The largest absolute Gasteiger partial charge is 0.478 e. The molecule has 1 aromatic rings. The number of hydrogen-bond acceptors (Lipinski definition) is 3. The van der Waals surface area contributed by atoms with Gasteiger partial charge in [0.25, 0.3) is 0 Å². The zero-order valence-electron chi connectivity index (χ0n) is 11.0. The second-order valence-electron chi connectivity index (χ2n) is 4.97. The van der Waals surface area contributed by atoms with Crippen molar-refractivity contribution < 1.29 is 14.3 Å². The number of likely N-dealkylation sites (tertiary alicyclic amines) is 1. The number of nitrogens with one attached hydrogen (secondary N) is 1. The zero-order chi connectivity index (χ0) is 13.8. The first-order chi connectivity index (χ1) is 9.08. The van der Waals surface area contributed by atoms with Crippen LogP contribution in [-0.4, -0.2) is 41.7 Å². The molecule has 1 heterocycles. The van der Waals surface area contributed by atoms with Gasteiger partial charge in [-0.3, -0.25) is 4.90 Å². The molecule has 1 aliphatic rings. The summed E-state index contributed by atoms with van der Waals surface area (Å²) in [5.74, 6) is -1.94. The maximum atomic E-state index is 13.5. The van der Waals surface area contributed by atoms with E-state index in [-0.39, 0.29) is 5.56 Å². The molecule has 1 unspecified atom stereocenters. The van der Waals surface area contributed by atoms with Gasteiger partial charge in [-0.1, -0.05) is 0 Å². The van der Waals surface area contributed by atoms with Crippen LogP contribution in [0.5, 0.6) is 0 Å². The van der Waals surface area contributed by atoms with Gasteiger partial charge in [-0.25, -0.2) is 9.18 Å². The van der Waals surface area contributed by atoms with Gasteiger partial charge < -0.3 is 10.4 Å². The Morgan fingerprint density at radius 1 is 1.47 bits per heavy atom. The standard InChI is InChI=1S/C14H19FN2O2/c1-10(17-6-2-3-7-17)9-16-11-4-5-12(14(18)19)13(15)8-11/h4-5,8,10,16H,2-3,6-7,9H2,1H3,(H,18,19). The molecule has 104 valence electrons. The van der Waals surface area contributed by atoms with E-state index >= 15 is 0 Å². The van der Waals surface area contributed by atoms with Crippen molar-refractivity contribution in [3.63, 3.8) is 0 Å². The number of halogens is 1. The van der Waals surface area contributed by atoms with Crippen molar-refractivity contribution in [3.05, 3.63) is 29.6 Å². The van der Waals surface area contributed by atoms with E-state index in [0.717, 1.165) is 19.6 Å². The SMILES string of the molecule is CC(CNc1ccc(C(=O)O)c(F)c1)N1CCCC1. The molecule has 1 saturated heterocycles. The third-order valence-corrected chi connectivity index (χ3v) is 3.57. The third kappa shape index (κ3) is 3.44. The van der Waals surface area contributed by atoms with E-state index in [1.54, 1.807) is 6.07 Å². The average Bonchev–Trinajstić information content (AvgIpc) is 2.89. The second-order valence-corrected chi connectivity index (χ2v) is 4.97. The number of carboxylic acid groups (broad SMARTS) is 1. The Bertz CT molecular complexity index is 459. The van der Waals surface area contributed by atoms with Gasteiger partial charge in [-0.2, -0.15) is 0 Å². The lowest BCUT2D eigenvalue weighted by Gasteiger charge is -2.24. The van der Waals surface area contributed by atoms with E-state index in [1.165, 1.54) is 25.0 Å². The summed E-state index contributed by atoms with van der Waals surface area (Å²) in [6, 6.07) is 4.52. The molecule has 1 fully saturated rings. The quantitative estimate of drug-likeness (QED) is 0.859. The van der Waals surface area contributed by atoms with Crippen molar-refractivity contribution in [2.24, 2.45) is 0 Å². The highest BCUT2D eigenvalue weighted by Gasteiger charge is 2.17. The molecule has 0 bridgehead atoms. The van der Waals surface area contributed by atoms with E-state index in [1.807, 2.05) is 0 Å². The Labute approximate surface area is 112 Å². The summed E-state index contributed by atoms with van der Waals surface area (Å²) in [5.41, 5.74) is 0.326. The van der Waals surface area contributed by atoms with Gasteiger partial charge in [0, 0.05) is 18.3 Å². The number of aromatic carboxylic acids is 1. The summed E-state index contributed by atoms with van der Waals surface area (Å²) in [6.45, 7) is 5.11. The van der Waals surface area contributed by atoms with Crippen LogP contribution in [0.15, 0.2) is 18.2 Å². The highest BCUT2D eigenvalue weighted by atomic mass is 19.1. The van der Waals surface area contributed by atoms with Crippen molar-refractivity contribution in [2.45, 2.75) is 25.8 Å². The lowest BCUT2D eigenvalue weighted by atomic mass is 10.2. The minimum absolute atomic E-state index is 0.293. The van der Waals surface area contributed by atoms with Crippen LogP contribution in [0.4, 0.5) is 10.1 Å². The second kappa shape index (κ2) is 6.02. The van der Waals surface area contributed by atoms with Crippen LogP contribution in [0.1, 0.15) is 30.1 Å². The van der Waals surface area contributed by atoms with Gasteiger partial charge in [0.05, 0.1) is 5.56 Å². The molecule has 5 heteroatoms. The van der Waals surface area contributed by atoms with Crippen molar-refractivity contribution in [2.75, 3.05) is 25.0 Å². The Kier molecular flexibility index (Phi) is 4.37.